The molecule has 3 aromatic carbocycles. The summed E-state index contributed by atoms with van der Waals surface area (Å²) in [6.45, 7) is 30.5. The number of thiazole rings is 1. The Hall–Kier alpha value is -2.71. The van der Waals surface area contributed by atoms with Crippen LogP contribution in [0, 0.1) is 6.92 Å². The summed E-state index contributed by atoms with van der Waals surface area (Å²) in [6, 6.07) is 19.6. The predicted octanol–water partition coefficient (Wildman–Crippen LogP) is 11.7. The molecule has 1 aromatic heterocycles. The summed E-state index contributed by atoms with van der Waals surface area (Å²) in [7, 11) is 0. The van der Waals surface area contributed by atoms with E-state index in [-0.39, 0.29) is 21.7 Å². The van der Waals surface area contributed by atoms with Gasteiger partial charge >= 0.3 is 0 Å². The van der Waals surface area contributed by atoms with Crippen LogP contribution >= 0.6 is 11.3 Å². The quantitative estimate of drug-likeness (QED) is 0.204. The van der Waals surface area contributed by atoms with E-state index in [2.05, 4.69) is 149 Å². The Labute approximate surface area is 272 Å². The van der Waals surface area contributed by atoms with Gasteiger partial charge in [-0.3, -0.25) is 0 Å². The highest BCUT2D eigenvalue weighted by Gasteiger charge is 2.32. The maximum Gasteiger partial charge on any atom is 0.231 e. The van der Waals surface area contributed by atoms with Gasteiger partial charge in [0, 0.05) is 6.42 Å². The Morgan fingerprint density at radius 3 is 1.50 bits per heavy atom. The standard InChI is InChI=1S/C42H56NS/c1-27-18-19-34(28-20-30(39(2,3)4)24-31(21-28)40(5,6)7)38(43-26-44-36-17-15-14-16-35(36)43)37(27)29-22-32(41(8,9)10)25-33(23-29)42(11,12)13/h18-26H,14-17H2,1-13H3/q+1. The van der Waals surface area contributed by atoms with E-state index in [9.17, 15) is 0 Å². The van der Waals surface area contributed by atoms with Gasteiger partial charge in [0.2, 0.25) is 16.9 Å². The van der Waals surface area contributed by atoms with Crippen molar-refractivity contribution in [2.75, 3.05) is 0 Å². The maximum absolute atomic E-state index is 2.60. The first-order valence-corrected chi connectivity index (χ1v) is 17.6. The van der Waals surface area contributed by atoms with Crippen LogP contribution in [0.3, 0.4) is 0 Å². The van der Waals surface area contributed by atoms with Crippen LogP contribution in [-0.4, -0.2) is 0 Å². The number of benzene rings is 3. The van der Waals surface area contributed by atoms with Crippen LogP contribution in [0.25, 0.3) is 27.9 Å². The van der Waals surface area contributed by atoms with Crippen molar-refractivity contribution in [1.29, 1.82) is 0 Å². The van der Waals surface area contributed by atoms with Gasteiger partial charge in [-0.25, -0.2) is 0 Å². The smallest absolute Gasteiger partial charge is 0.153 e. The van der Waals surface area contributed by atoms with Gasteiger partial charge in [0.05, 0.1) is 16.0 Å². The molecule has 2 heteroatoms. The molecule has 0 saturated heterocycles. The molecule has 0 amide bonds. The summed E-state index contributed by atoms with van der Waals surface area (Å²) in [5.41, 5.74) is 17.8. The monoisotopic (exact) mass is 606 g/mol. The van der Waals surface area contributed by atoms with Crippen LogP contribution in [-0.2, 0) is 34.5 Å². The molecule has 44 heavy (non-hydrogen) atoms. The first kappa shape index (κ1) is 32.7. The normalized spacial score (nSPS) is 14.6. The van der Waals surface area contributed by atoms with Crippen LogP contribution in [0.4, 0.5) is 0 Å². The molecule has 0 fully saturated rings. The van der Waals surface area contributed by atoms with Gasteiger partial charge in [0.25, 0.3) is 0 Å². The second-order valence-electron chi connectivity index (χ2n) is 17.4. The summed E-state index contributed by atoms with van der Waals surface area (Å²) in [5.74, 6) is 0. The minimum Gasteiger partial charge on any atom is -0.153 e. The largest absolute Gasteiger partial charge is 0.231 e. The van der Waals surface area contributed by atoms with Crippen molar-refractivity contribution in [3.63, 3.8) is 0 Å². The van der Waals surface area contributed by atoms with Gasteiger partial charge in [0.15, 0.2) is 0 Å². The third-order valence-electron chi connectivity index (χ3n) is 9.54. The zero-order valence-corrected chi connectivity index (χ0v) is 30.7. The van der Waals surface area contributed by atoms with Crippen LogP contribution in [0.5, 0.6) is 0 Å². The fraction of sp³-hybridized carbons (Fsp3) is 0.500. The van der Waals surface area contributed by atoms with E-state index in [4.69, 9.17) is 0 Å². The van der Waals surface area contributed by atoms with Gasteiger partial charge in [-0.2, -0.15) is 4.57 Å². The van der Waals surface area contributed by atoms with Crippen molar-refractivity contribution >= 4 is 11.3 Å². The molecule has 0 bridgehead atoms. The molecule has 0 N–H and O–H groups in total. The second-order valence-corrected chi connectivity index (χ2v) is 18.4. The Bertz CT molecular complexity index is 1620. The van der Waals surface area contributed by atoms with Crippen molar-refractivity contribution in [3.05, 3.63) is 92.4 Å². The van der Waals surface area contributed by atoms with E-state index < -0.39 is 0 Å². The SMILES string of the molecule is Cc1ccc(-c2cc(C(C)(C)C)cc(C(C)(C)C)c2)c(-[n+]2csc3c2CCCC3)c1-c1cc(C(C)(C)C)cc(C(C)(C)C)c1. The highest BCUT2D eigenvalue weighted by atomic mass is 32.1. The number of hydrogen-bond donors (Lipinski definition) is 0. The number of aromatic nitrogens is 1. The lowest BCUT2D eigenvalue weighted by Crippen LogP contribution is -2.36. The van der Waals surface area contributed by atoms with Crippen LogP contribution in [0.15, 0.2) is 54.0 Å². The molecule has 0 atom stereocenters. The minimum absolute atomic E-state index is 0.0546. The van der Waals surface area contributed by atoms with Gasteiger partial charge in [-0.05, 0) is 92.9 Å². The lowest BCUT2D eigenvalue weighted by Gasteiger charge is -2.27. The van der Waals surface area contributed by atoms with Crippen molar-refractivity contribution in [2.24, 2.45) is 0 Å². The van der Waals surface area contributed by atoms with Gasteiger partial charge < -0.3 is 0 Å². The molecule has 1 aliphatic carbocycles. The zero-order chi connectivity index (χ0) is 32.4. The molecule has 1 nitrogen and oxygen atoms in total. The van der Waals surface area contributed by atoms with Gasteiger partial charge in [-0.15, -0.1) is 0 Å². The molecule has 0 saturated carbocycles. The van der Waals surface area contributed by atoms with Crippen LogP contribution < -0.4 is 4.57 Å². The Morgan fingerprint density at radius 2 is 1.02 bits per heavy atom. The number of aryl methyl sites for hydroxylation is 2. The topological polar surface area (TPSA) is 3.88 Å². The molecule has 1 heterocycles. The molecular formula is C42H56NS+. The fourth-order valence-electron chi connectivity index (χ4n) is 6.44. The van der Waals surface area contributed by atoms with Crippen molar-refractivity contribution in [3.8, 4) is 27.9 Å². The summed E-state index contributed by atoms with van der Waals surface area (Å²) < 4.78 is 2.60. The van der Waals surface area contributed by atoms with E-state index in [0.717, 1.165) is 6.42 Å². The molecule has 0 aliphatic heterocycles. The molecule has 0 radical (unpaired) electrons. The molecule has 5 rings (SSSR count). The third-order valence-corrected chi connectivity index (χ3v) is 10.6. The number of nitrogens with zero attached hydrogens (tertiary/aromatic N) is 1. The molecule has 0 unspecified atom stereocenters. The fourth-order valence-corrected chi connectivity index (χ4v) is 7.50. The molecule has 4 aromatic rings. The van der Waals surface area contributed by atoms with Crippen molar-refractivity contribution < 1.29 is 4.57 Å². The van der Waals surface area contributed by atoms with Crippen LogP contribution in [0.2, 0.25) is 0 Å². The highest BCUT2D eigenvalue weighted by Crippen LogP contribution is 2.42. The van der Waals surface area contributed by atoms with Gasteiger partial charge in [-0.1, -0.05) is 137 Å². The number of rotatable bonds is 3. The van der Waals surface area contributed by atoms with E-state index in [1.807, 2.05) is 11.3 Å². The molecule has 234 valence electrons. The van der Waals surface area contributed by atoms with E-state index >= 15 is 0 Å². The number of hydrogen-bond acceptors (Lipinski definition) is 1. The summed E-state index contributed by atoms with van der Waals surface area (Å²) in [4.78, 5) is 1.56. The Kier molecular flexibility index (Phi) is 8.37. The third kappa shape index (κ3) is 6.48. The maximum atomic E-state index is 2.60. The van der Waals surface area contributed by atoms with E-state index in [1.54, 1.807) is 4.88 Å². The molecule has 1 aliphatic rings. The lowest BCUT2D eigenvalue weighted by molar-refractivity contribution is -0.598. The summed E-state index contributed by atoms with van der Waals surface area (Å²) >= 11 is 1.95. The Morgan fingerprint density at radius 1 is 0.568 bits per heavy atom. The average Bonchev–Trinajstić information content (AvgIpc) is 3.34. The summed E-state index contributed by atoms with van der Waals surface area (Å²) in [6.07, 6.45) is 4.91. The zero-order valence-electron chi connectivity index (χ0n) is 29.9. The van der Waals surface area contributed by atoms with Crippen molar-refractivity contribution in [2.45, 2.75) is 137 Å². The minimum atomic E-state index is 0.0546. The molecule has 0 spiro atoms. The highest BCUT2D eigenvalue weighted by molar-refractivity contribution is 7.09. The van der Waals surface area contributed by atoms with Gasteiger partial charge in [0.1, 0.15) is 0 Å². The lowest BCUT2D eigenvalue weighted by atomic mass is 9.77. The number of fused-ring (bicyclic) bond motifs is 1. The van der Waals surface area contributed by atoms with E-state index in [1.165, 1.54) is 80.7 Å². The first-order chi connectivity index (χ1) is 20.2. The second kappa shape index (κ2) is 11.3. The predicted molar refractivity (Wildman–Crippen MR) is 193 cm³/mol. The molecular weight excluding hydrogens is 551 g/mol. The first-order valence-electron chi connectivity index (χ1n) is 16.7. The summed E-state index contributed by atoms with van der Waals surface area (Å²) in [5, 5.41) is 0. The van der Waals surface area contributed by atoms with Crippen molar-refractivity contribution in [1.82, 2.24) is 0 Å². The van der Waals surface area contributed by atoms with E-state index in [0.29, 0.717) is 0 Å². The Balaban J connectivity index is 1.93. The van der Waals surface area contributed by atoms with Crippen LogP contribution in [0.1, 0.15) is 134 Å². The average molecular weight is 607 g/mol.